The van der Waals surface area contributed by atoms with E-state index in [9.17, 15) is 24.6 Å². The number of nitrogens with zero attached hydrogens (tertiary/aromatic N) is 1. The molecule has 36 heavy (non-hydrogen) atoms. The number of carbonyl (C=O) groups is 3. The van der Waals surface area contributed by atoms with Crippen LogP contribution < -0.4 is 0 Å². The number of methoxy groups -OCH3 is 1. The number of hydrogen-bond acceptors (Lipinski definition) is 8. The lowest BCUT2D eigenvalue weighted by molar-refractivity contribution is -0.151. The van der Waals surface area contributed by atoms with Crippen molar-refractivity contribution in [2.75, 3.05) is 39.3 Å². The second-order valence-corrected chi connectivity index (χ2v) is 10.5. The number of hydrogen-bond donors (Lipinski definition) is 2. The van der Waals surface area contributed by atoms with Gasteiger partial charge in [-0.05, 0) is 35.5 Å². The molecule has 2 rings (SSSR count). The minimum Gasteiger partial charge on any atom is -0.456 e. The van der Waals surface area contributed by atoms with Gasteiger partial charge in [0.15, 0.2) is 6.61 Å². The lowest BCUT2D eigenvalue weighted by Crippen LogP contribution is -2.27. The number of thioether (sulfide) groups is 1. The van der Waals surface area contributed by atoms with Gasteiger partial charge in [0.05, 0.1) is 18.8 Å². The number of amides is 1. The smallest absolute Gasteiger partial charge is 0.306 e. The Morgan fingerprint density at radius 2 is 2.00 bits per heavy atom. The van der Waals surface area contributed by atoms with Gasteiger partial charge in [0.2, 0.25) is 0 Å². The molecule has 0 radical (unpaired) electrons. The normalized spacial score (nSPS) is 20.6. The SMILES string of the molecule is COCc1cccc(C[C@H](O)/C=C/[C@H]2[C@H](O)CC(=O)[C@@H]2CCSCCCC(=O)OCC(=O)N(C)C)c1. The molecule has 2 N–H and O–H groups in total. The predicted octanol–water partition coefficient (Wildman–Crippen LogP) is 2.39. The van der Waals surface area contributed by atoms with Gasteiger partial charge in [-0.1, -0.05) is 36.4 Å². The van der Waals surface area contributed by atoms with Gasteiger partial charge in [0.25, 0.3) is 5.91 Å². The van der Waals surface area contributed by atoms with Crippen molar-refractivity contribution in [2.24, 2.45) is 11.8 Å². The molecule has 1 amide bonds. The molecule has 1 fully saturated rings. The second kappa shape index (κ2) is 15.8. The maximum atomic E-state index is 12.4. The first kappa shape index (κ1) is 30.0. The largest absolute Gasteiger partial charge is 0.456 e. The van der Waals surface area contributed by atoms with Gasteiger partial charge in [-0.15, -0.1) is 0 Å². The molecule has 0 saturated heterocycles. The first-order valence-electron chi connectivity index (χ1n) is 12.3. The van der Waals surface area contributed by atoms with E-state index in [0.717, 1.165) is 22.6 Å². The number of rotatable bonds is 15. The van der Waals surface area contributed by atoms with Crippen LogP contribution in [0, 0.1) is 11.8 Å². The minimum absolute atomic E-state index is 0.0497. The third kappa shape index (κ3) is 10.4. The summed E-state index contributed by atoms with van der Waals surface area (Å²) in [4.78, 5) is 37.0. The Balaban J connectivity index is 1.73. The van der Waals surface area contributed by atoms with Crippen LogP contribution in [0.5, 0.6) is 0 Å². The summed E-state index contributed by atoms with van der Waals surface area (Å²) in [5, 5.41) is 20.9. The summed E-state index contributed by atoms with van der Waals surface area (Å²) in [5.41, 5.74) is 2.03. The highest BCUT2D eigenvalue weighted by Crippen LogP contribution is 2.34. The van der Waals surface area contributed by atoms with Crippen LogP contribution in [0.1, 0.15) is 36.8 Å². The zero-order chi connectivity index (χ0) is 26.5. The number of ether oxygens (including phenoxy) is 2. The predicted molar refractivity (Wildman–Crippen MR) is 139 cm³/mol. The molecule has 0 unspecified atom stereocenters. The van der Waals surface area contributed by atoms with Crippen molar-refractivity contribution in [3.63, 3.8) is 0 Å². The number of carbonyl (C=O) groups excluding carboxylic acids is 3. The van der Waals surface area contributed by atoms with Crippen LogP contribution in [0.25, 0.3) is 0 Å². The molecule has 0 heterocycles. The molecule has 1 saturated carbocycles. The third-order valence-electron chi connectivity index (χ3n) is 6.13. The van der Waals surface area contributed by atoms with Crippen molar-refractivity contribution in [1.82, 2.24) is 4.90 Å². The number of likely N-dealkylation sites (N-methyl/N-ethyl adjacent to an activating group) is 1. The summed E-state index contributed by atoms with van der Waals surface area (Å²) in [6.07, 6.45) is 4.10. The van der Waals surface area contributed by atoms with E-state index >= 15 is 0 Å². The summed E-state index contributed by atoms with van der Waals surface area (Å²) in [7, 11) is 4.85. The van der Waals surface area contributed by atoms with Gasteiger partial charge in [-0.2, -0.15) is 11.8 Å². The molecule has 4 atom stereocenters. The zero-order valence-corrected chi connectivity index (χ0v) is 22.2. The maximum absolute atomic E-state index is 12.4. The van der Waals surface area contributed by atoms with Crippen LogP contribution in [0.4, 0.5) is 0 Å². The van der Waals surface area contributed by atoms with Crippen LogP contribution in [-0.4, -0.2) is 84.3 Å². The molecule has 1 aromatic carbocycles. The van der Waals surface area contributed by atoms with Crippen LogP contribution in [0.15, 0.2) is 36.4 Å². The molecule has 0 bridgehead atoms. The van der Waals surface area contributed by atoms with E-state index in [-0.39, 0.29) is 43.0 Å². The van der Waals surface area contributed by atoms with Crippen LogP contribution in [-0.2, 0) is 36.9 Å². The highest BCUT2D eigenvalue weighted by atomic mass is 32.2. The molecule has 0 spiro atoms. The van der Waals surface area contributed by atoms with Crippen LogP contribution in [0.2, 0.25) is 0 Å². The highest BCUT2D eigenvalue weighted by Gasteiger charge is 2.39. The van der Waals surface area contributed by atoms with Crippen LogP contribution in [0.3, 0.4) is 0 Å². The standard InChI is InChI=1S/C27H39NO7S/c1-28(2)26(32)18-35-27(33)8-5-12-36-13-11-23-22(24(30)16-25(23)31)10-9-21(29)15-19-6-4-7-20(14-19)17-34-3/h4,6-7,9-10,14,21-24,29-30H,5,8,11-13,15-18H2,1-3H3/b10-9+/t21-,22-,23-,24-/m1/s1. The maximum Gasteiger partial charge on any atom is 0.306 e. The Bertz CT molecular complexity index is 889. The number of aliphatic hydroxyl groups is 2. The Kier molecular flexibility index (Phi) is 13.2. The molecule has 1 aromatic rings. The first-order chi connectivity index (χ1) is 17.2. The minimum atomic E-state index is -0.736. The van der Waals surface area contributed by atoms with E-state index in [4.69, 9.17) is 9.47 Å². The molecule has 200 valence electrons. The van der Waals surface area contributed by atoms with E-state index in [2.05, 4.69) is 0 Å². The lowest BCUT2D eigenvalue weighted by Gasteiger charge is -2.18. The van der Waals surface area contributed by atoms with Gasteiger partial charge in [-0.25, -0.2) is 0 Å². The van der Waals surface area contributed by atoms with E-state index in [0.29, 0.717) is 25.9 Å². The monoisotopic (exact) mass is 521 g/mol. The van der Waals surface area contributed by atoms with Crippen molar-refractivity contribution in [1.29, 1.82) is 0 Å². The number of Topliss-reactive ketones (excluding diaryl/α,β-unsaturated/α-hetero) is 1. The Morgan fingerprint density at radius 1 is 1.25 bits per heavy atom. The molecule has 9 heteroatoms. The molecule has 0 aromatic heterocycles. The summed E-state index contributed by atoms with van der Waals surface area (Å²) in [6, 6.07) is 7.85. The van der Waals surface area contributed by atoms with E-state index < -0.39 is 18.2 Å². The number of ketones is 1. The average Bonchev–Trinajstić information content (AvgIpc) is 3.10. The fourth-order valence-electron chi connectivity index (χ4n) is 4.15. The van der Waals surface area contributed by atoms with Gasteiger partial charge < -0.3 is 24.6 Å². The second-order valence-electron chi connectivity index (χ2n) is 9.28. The van der Waals surface area contributed by atoms with Crippen molar-refractivity contribution < 1.29 is 34.1 Å². The summed E-state index contributed by atoms with van der Waals surface area (Å²) in [6.45, 7) is 0.270. The third-order valence-corrected chi connectivity index (χ3v) is 7.24. The number of benzene rings is 1. The molecule has 0 aliphatic heterocycles. The number of aliphatic hydroxyl groups excluding tert-OH is 2. The van der Waals surface area contributed by atoms with Gasteiger partial charge in [0.1, 0.15) is 5.78 Å². The van der Waals surface area contributed by atoms with Gasteiger partial charge in [-0.3, -0.25) is 14.4 Å². The Hall–Kier alpha value is -2.20. The zero-order valence-electron chi connectivity index (χ0n) is 21.4. The van der Waals surface area contributed by atoms with Crippen LogP contribution >= 0.6 is 11.8 Å². The summed E-state index contributed by atoms with van der Waals surface area (Å²) < 4.78 is 10.1. The summed E-state index contributed by atoms with van der Waals surface area (Å²) in [5.74, 6) is 0.286. The number of esters is 1. The van der Waals surface area contributed by atoms with E-state index in [1.807, 2.05) is 24.3 Å². The quantitative estimate of drug-likeness (QED) is 0.206. The Labute approximate surface area is 218 Å². The topological polar surface area (TPSA) is 113 Å². The molecular weight excluding hydrogens is 482 g/mol. The van der Waals surface area contributed by atoms with Gasteiger partial charge in [0, 0.05) is 52.3 Å². The molecule has 1 aliphatic rings. The van der Waals surface area contributed by atoms with Crippen molar-refractivity contribution >= 4 is 29.4 Å². The Morgan fingerprint density at radius 3 is 2.72 bits per heavy atom. The van der Waals surface area contributed by atoms with Crippen molar-refractivity contribution in [2.45, 2.75) is 50.9 Å². The lowest BCUT2D eigenvalue weighted by atomic mass is 9.91. The van der Waals surface area contributed by atoms with E-state index in [1.54, 1.807) is 45.1 Å². The molecule has 1 aliphatic carbocycles. The highest BCUT2D eigenvalue weighted by molar-refractivity contribution is 7.99. The van der Waals surface area contributed by atoms with E-state index in [1.165, 1.54) is 4.90 Å². The fourth-order valence-corrected chi connectivity index (χ4v) is 5.12. The molecular formula is C27H39NO7S. The fraction of sp³-hybridized carbons (Fsp3) is 0.593. The van der Waals surface area contributed by atoms with Gasteiger partial charge >= 0.3 is 5.97 Å². The average molecular weight is 522 g/mol. The van der Waals surface area contributed by atoms with Crippen molar-refractivity contribution in [3.05, 3.63) is 47.5 Å². The first-order valence-corrected chi connectivity index (χ1v) is 13.4. The molecule has 8 nitrogen and oxygen atoms in total. The summed E-state index contributed by atoms with van der Waals surface area (Å²) >= 11 is 1.65. The van der Waals surface area contributed by atoms with Crippen molar-refractivity contribution in [3.8, 4) is 0 Å².